The van der Waals surface area contributed by atoms with Gasteiger partial charge in [-0.15, -0.1) is 0 Å². The highest BCUT2D eigenvalue weighted by Gasteiger charge is 2.44. The van der Waals surface area contributed by atoms with E-state index in [2.05, 4.69) is 26.1 Å². The summed E-state index contributed by atoms with van der Waals surface area (Å²) in [5.74, 6) is 0.519. The third-order valence-corrected chi connectivity index (χ3v) is 10.2. The van der Waals surface area contributed by atoms with Gasteiger partial charge in [0, 0.05) is 6.42 Å². The largest absolute Gasteiger partial charge is 0.394 e. The molecule has 1 aliphatic heterocycles. The number of amides is 1. The molecule has 7 N–H and O–H groups in total. The van der Waals surface area contributed by atoms with Crippen LogP contribution in [0.5, 0.6) is 0 Å². The lowest BCUT2D eigenvalue weighted by Gasteiger charge is -2.40. The van der Waals surface area contributed by atoms with Crippen LogP contribution in [0.4, 0.5) is 0 Å². The number of aliphatic hydroxyl groups is 6. The maximum absolute atomic E-state index is 12.9. The monoisotopic (exact) mass is 718 g/mol. The van der Waals surface area contributed by atoms with Crippen LogP contribution < -0.4 is 5.32 Å². The number of hydrogen-bond donors (Lipinski definition) is 7. The summed E-state index contributed by atoms with van der Waals surface area (Å²) in [4.78, 5) is 12.9. The van der Waals surface area contributed by atoms with Gasteiger partial charge in [-0.25, -0.2) is 0 Å². The highest BCUT2D eigenvalue weighted by atomic mass is 16.7. The van der Waals surface area contributed by atoms with Crippen LogP contribution in [-0.4, -0.2) is 98.7 Å². The highest BCUT2D eigenvalue weighted by molar-refractivity contribution is 5.76. The molecule has 1 rings (SSSR count). The fourth-order valence-corrected chi connectivity index (χ4v) is 6.79. The van der Waals surface area contributed by atoms with Gasteiger partial charge in [-0.2, -0.15) is 0 Å². The minimum absolute atomic E-state index is 0.258. The van der Waals surface area contributed by atoms with Crippen molar-refractivity contribution in [1.82, 2.24) is 5.32 Å². The van der Waals surface area contributed by atoms with E-state index in [1.807, 2.05) is 0 Å². The zero-order valence-electron chi connectivity index (χ0n) is 32.2. The lowest BCUT2D eigenvalue weighted by molar-refractivity contribution is -0.303. The lowest BCUT2D eigenvalue weighted by atomic mass is 9.98. The highest BCUT2D eigenvalue weighted by Crippen LogP contribution is 2.23. The molecule has 0 spiro atoms. The Morgan fingerprint density at radius 3 is 1.60 bits per heavy atom. The van der Waals surface area contributed by atoms with Crippen molar-refractivity contribution in [3.05, 3.63) is 0 Å². The molecule has 0 radical (unpaired) electrons. The van der Waals surface area contributed by atoms with E-state index in [9.17, 15) is 35.4 Å². The second kappa shape index (κ2) is 30.6. The van der Waals surface area contributed by atoms with Crippen molar-refractivity contribution in [3.63, 3.8) is 0 Å². The maximum atomic E-state index is 12.9. The molecule has 298 valence electrons. The first-order valence-corrected chi connectivity index (χ1v) is 20.7. The Morgan fingerprint density at radius 2 is 1.12 bits per heavy atom. The van der Waals surface area contributed by atoms with Crippen molar-refractivity contribution < 1.29 is 44.9 Å². The summed E-state index contributed by atoms with van der Waals surface area (Å²) in [6.07, 6.45) is 18.3. The van der Waals surface area contributed by atoms with Crippen molar-refractivity contribution >= 4 is 5.91 Å². The quantitative estimate of drug-likeness (QED) is 0.0378. The average Bonchev–Trinajstić information content (AvgIpc) is 3.10. The molecule has 0 aromatic heterocycles. The van der Waals surface area contributed by atoms with E-state index in [1.54, 1.807) is 0 Å². The number of carbonyl (C=O) groups is 1. The number of nitrogens with one attached hydrogen (secondary N) is 1. The van der Waals surface area contributed by atoms with E-state index in [0.29, 0.717) is 6.42 Å². The van der Waals surface area contributed by atoms with Crippen LogP contribution in [0, 0.1) is 5.92 Å². The molecule has 10 nitrogen and oxygen atoms in total. The first-order valence-electron chi connectivity index (χ1n) is 20.7. The van der Waals surface area contributed by atoms with Gasteiger partial charge < -0.3 is 45.4 Å². The Morgan fingerprint density at radius 1 is 0.660 bits per heavy atom. The summed E-state index contributed by atoms with van der Waals surface area (Å²) in [5, 5.41) is 64.9. The van der Waals surface area contributed by atoms with Crippen LogP contribution in [0.15, 0.2) is 0 Å². The number of rotatable bonds is 33. The molecule has 0 bridgehead atoms. The summed E-state index contributed by atoms with van der Waals surface area (Å²) in [5.41, 5.74) is 0. The van der Waals surface area contributed by atoms with Gasteiger partial charge in [0.1, 0.15) is 30.5 Å². The Hall–Kier alpha value is -0.850. The van der Waals surface area contributed by atoms with E-state index in [-0.39, 0.29) is 18.9 Å². The van der Waals surface area contributed by atoms with E-state index < -0.39 is 55.6 Å². The molecule has 1 aliphatic rings. The van der Waals surface area contributed by atoms with Gasteiger partial charge in [0.2, 0.25) is 5.91 Å². The number of ether oxygens (including phenoxy) is 2. The topological polar surface area (TPSA) is 169 Å². The number of hydrogen-bond acceptors (Lipinski definition) is 9. The van der Waals surface area contributed by atoms with Crippen LogP contribution in [-0.2, 0) is 14.3 Å². The van der Waals surface area contributed by atoms with Crippen molar-refractivity contribution in [2.24, 2.45) is 5.92 Å². The van der Waals surface area contributed by atoms with Crippen molar-refractivity contribution in [2.75, 3.05) is 13.2 Å². The molecule has 0 aromatic carbocycles. The molecular weight excluding hydrogens is 638 g/mol. The molecular formula is C40H79NO9. The molecule has 1 heterocycles. The Bertz CT molecular complexity index is 786. The summed E-state index contributed by atoms with van der Waals surface area (Å²) < 4.78 is 11.1. The molecule has 0 aromatic rings. The summed E-state index contributed by atoms with van der Waals surface area (Å²) in [6, 6.07) is -0.984. The third-order valence-electron chi connectivity index (χ3n) is 10.2. The molecule has 1 fully saturated rings. The molecule has 1 amide bonds. The third kappa shape index (κ3) is 22.3. The van der Waals surface area contributed by atoms with Gasteiger partial charge in [-0.3, -0.25) is 4.79 Å². The Kier molecular flexibility index (Phi) is 28.9. The molecule has 0 aliphatic carbocycles. The first-order chi connectivity index (χ1) is 24.1. The van der Waals surface area contributed by atoms with Crippen molar-refractivity contribution in [1.29, 1.82) is 0 Å². The zero-order chi connectivity index (χ0) is 37.0. The summed E-state index contributed by atoms with van der Waals surface area (Å²) in [7, 11) is 0. The number of carbonyl (C=O) groups excluding carboxylic acids is 1. The maximum Gasteiger partial charge on any atom is 0.220 e. The van der Waals surface area contributed by atoms with Crippen molar-refractivity contribution in [3.8, 4) is 0 Å². The van der Waals surface area contributed by atoms with Crippen LogP contribution in [0.2, 0.25) is 0 Å². The van der Waals surface area contributed by atoms with E-state index in [4.69, 9.17) is 9.47 Å². The van der Waals surface area contributed by atoms with Gasteiger partial charge in [-0.05, 0) is 18.8 Å². The molecule has 0 saturated carbocycles. The molecule has 8 atom stereocenters. The average molecular weight is 718 g/mol. The predicted octanol–water partition coefficient (Wildman–Crippen LogP) is 6.44. The summed E-state index contributed by atoms with van der Waals surface area (Å²) >= 11 is 0. The van der Waals surface area contributed by atoms with Crippen LogP contribution >= 0.6 is 0 Å². The fraction of sp³-hybridized carbons (Fsp3) is 0.975. The summed E-state index contributed by atoms with van der Waals surface area (Å²) in [6.45, 7) is 5.89. The van der Waals surface area contributed by atoms with Gasteiger partial charge >= 0.3 is 0 Å². The minimum atomic E-state index is -1.60. The molecule has 8 unspecified atom stereocenters. The normalized spacial score (nSPS) is 22.9. The van der Waals surface area contributed by atoms with Crippen LogP contribution in [0.25, 0.3) is 0 Å². The van der Waals surface area contributed by atoms with E-state index in [0.717, 1.165) is 57.3 Å². The van der Waals surface area contributed by atoms with Gasteiger partial charge in [-0.1, -0.05) is 162 Å². The SMILES string of the molecule is CCCCCCCCCCCCCCCC(=O)NC(COC1OC(CO)C(O)C(O)C1O)C(O)C(O)CCCCCCCCCCCC(C)C. The number of unbranched alkanes of at least 4 members (excludes halogenated alkanes) is 20. The molecule has 1 saturated heterocycles. The molecule has 50 heavy (non-hydrogen) atoms. The van der Waals surface area contributed by atoms with Crippen LogP contribution in [0.1, 0.15) is 181 Å². The van der Waals surface area contributed by atoms with Gasteiger partial charge in [0.25, 0.3) is 0 Å². The standard InChI is InChI=1S/C40H79NO9/c1-4-5-6-7-8-9-10-11-12-16-19-22-25-28-35(44)41-32(30-49-40-39(48)38(47)37(46)34(29-42)50-40)36(45)33(43)27-24-21-18-15-13-14-17-20-23-26-31(2)3/h31-34,36-40,42-43,45-48H,4-30H2,1-3H3,(H,41,44). The van der Waals surface area contributed by atoms with E-state index in [1.165, 1.54) is 96.3 Å². The fourth-order valence-electron chi connectivity index (χ4n) is 6.79. The Balaban J connectivity index is 2.46. The van der Waals surface area contributed by atoms with Gasteiger partial charge in [0.15, 0.2) is 6.29 Å². The first kappa shape index (κ1) is 47.2. The number of aliphatic hydroxyl groups excluding tert-OH is 6. The lowest BCUT2D eigenvalue weighted by Crippen LogP contribution is -2.60. The smallest absolute Gasteiger partial charge is 0.220 e. The second-order valence-corrected chi connectivity index (χ2v) is 15.4. The van der Waals surface area contributed by atoms with Crippen LogP contribution in [0.3, 0.4) is 0 Å². The van der Waals surface area contributed by atoms with E-state index >= 15 is 0 Å². The molecule has 10 heteroatoms. The minimum Gasteiger partial charge on any atom is -0.394 e. The van der Waals surface area contributed by atoms with Crippen molar-refractivity contribution in [2.45, 2.75) is 230 Å². The predicted molar refractivity (Wildman–Crippen MR) is 200 cm³/mol. The second-order valence-electron chi connectivity index (χ2n) is 15.4. The Labute approximate surface area is 305 Å². The van der Waals surface area contributed by atoms with Gasteiger partial charge in [0.05, 0.1) is 25.4 Å². The zero-order valence-corrected chi connectivity index (χ0v) is 32.2.